The molecule has 0 radical (unpaired) electrons. The Morgan fingerprint density at radius 3 is 2.26 bits per heavy atom. The van der Waals surface area contributed by atoms with Gasteiger partial charge in [-0.25, -0.2) is 18.1 Å². The van der Waals surface area contributed by atoms with Crippen LogP contribution in [0.25, 0.3) is 5.69 Å². The summed E-state index contributed by atoms with van der Waals surface area (Å²) in [6.07, 6.45) is 0. The van der Waals surface area contributed by atoms with Crippen LogP contribution in [0.5, 0.6) is 0 Å². The lowest BCUT2D eigenvalue weighted by Gasteiger charge is -2.02. The van der Waals surface area contributed by atoms with Crippen LogP contribution in [0.2, 0.25) is 0 Å². The largest absolute Gasteiger partial charge is 0.478 e. The monoisotopic (exact) mass is 328 g/mol. The van der Waals surface area contributed by atoms with Crippen molar-refractivity contribution in [3.8, 4) is 5.69 Å². The molecule has 0 aliphatic heterocycles. The van der Waals surface area contributed by atoms with Gasteiger partial charge in [0.1, 0.15) is 0 Å². The highest BCUT2D eigenvalue weighted by molar-refractivity contribution is 7.03. The fourth-order valence-corrected chi connectivity index (χ4v) is 2.96. The van der Waals surface area contributed by atoms with Crippen molar-refractivity contribution >= 4 is 17.5 Å². The van der Waals surface area contributed by atoms with Gasteiger partial charge in [-0.15, -0.1) is 0 Å². The van der Waals surface area contributed by atoms with Crippen LogP contribution in [0.1, 0.15) is 15.9 Å². The first-order chi connectivity index (χ1) is 11.1. The number of hydrogen-bond donors (Lipinski definition) is 1. The van der Waals surface area contributed by atoms with Gasteiger partial charge in [-0.2, -0.15) is 0 Å². The minimum atomic E-state index is -1.04. The van der Waals surface area contributed by atoms with E-state index in [0.717, 1.165) is 21.7 Å². The molecule has 7 heteroatoms. The second-order valence-corrected chi connectivity index (χ2v) is 5.75. The normalized spacial score (nSPS) is 10.6. The summed E-state index contributed by atoms with van der Waals surface area (Å²) in [6, 6.07) is 15.0. The summed E-state index contributed by atoms with van der Waals surface area (Å²) in [7, 11) is 0. The van der Waals surface area contributed by atoms with E-state index in [0.29, 0.717) is 5.69 Å². The van der Waals surface area contributed by atoms with Gasteiger partial charge >= 0.3 is 16.5 Å². The molecule has 0 unspecified atom stereocenters. The molecule has 0 amide bonds. The fraction of sp³-hybridized carbons (Fsp3) is 0.0625. The van der Waals surface area contributed by atoms with E-state index in [2.05, 4.69) is 0 Å². The van der Waals surface area contributed by atoms with E-state index in [9.17, 15) is 14.4 Å². The number of carboxylic acids is 1. The summed E-state index contributed by atoms with van der Waals surface area (Å²) in [5, 5.41) is 8.89. The molecule has 1 heterocycles. The predicted octanol–water partition coefficient (Wildman–Crippen LogP) is 1.81. The Morgan fingerprint density at radius 1 is 1.00 bits per heavy atom. The molecule has 116 valence electrons. The maximum absolute atomic E-state index is 12.4. The molecular formula is C16H12N2O4S. The van der Waals surface area contributed by atoms with Crippen LogP contribution in [0, 0.1) is 0 Å². The highest BCUT2D eigenvalue weighted by atomic mass is 32.1. The van der Waals surface area contributed by atoms with Crippen LogP contribution in [0.4, 0.5) is 0 Å². The maximum atomic E-state index is 12.4. The molecule has 0 atom stereocenters. The van der Waals surface area contributed by atoms with Crippen LogP contribution in [0.15, 0.2) is 64.2 Å². The lowest BCUT2D eigenvalue weighted by molar-refractivity contribution is 0.0697. The van der Waals surface area contributed by atoms with E-state index >= 15 is 0 Å². The molecule has 0 aliphatic carbocycles. The molecule has 0 saturated heterocycles. The lowest BCUT2D eigenvalue weighted by Crippen LogP contribution is -2.28. The number of hydrogen-bond acceptors (Lipinski definition) is 4. The molecule has 2 aromatic carbocycles. The quantitative estimate of drug-likeness (QED) is 0.792. The van der Waals surface area contributed by atoms with Gasteiger partial charge in [0, 0.05) is 11.5 Å². The van der Waals surface area contributed by atoms with Crippen LogP contribution in [-0.2, 0) is 6.54 Å². The van der Waals surface area contributed by atoms with E-state index < -0.39 is 11.7 Å². The Kier molecular flexibility index (Phi) is 3.94. The van der Waals surface area contributed by atoms with E-state index in [4.69, 9.17) is 5.11 Å². The van der Waals surface area contributed by atoms with Crippen molar-refractivity contribution in [2.75, 3.05) is 0 Å². The number of aromatic nitrogens is 2. The van der Waals surface area contributed by atoms with Gasteiger partial charge in [-0.1, -0.05) is 30.3 Å². The van der Waals surface area contributed by atoms with Crippen molar-refractivity contribution in [1.29, 1.82) is 0 Å². The Morgan fingerprint density at radius 2 is 1.65 bits per heavy atom. The SMILES string of the molecule is O=C(O)c1ccc(-n2sc(=O)n(Cc3ccccc3)c2=O)cc1. The van der Waals surface area contributed by atoms with Crippen molar-refractivity contribution in [2.24, 2.45) is 0 Å². The Balaban J connectivity index is 1.99. The summed E-state index contributed by atoms with van der Waals surface area (Å²) < 4.78 is 2.42. The zero-order valence-corrected chi connectivity index (χ0v) is 12.7. The van der Waals surface area contributed by atoms with Gasteiger partial charge in [-0.05, 0) is 29.8 Å². The number of nitrogens with zero attached hydrogens (tertiary/aromatic N) is 2. The van der Waals surface area contributed by atoms with Gasteiger partial charge in [0.2, 0.25) is 0 Å². The fourth-order valence-electron chi connectivity index (χ4n) is 2.15. The van der Waals surface area contributed by atoms with E-state index in [1.165, 1.54) is 28.2 Å². The van der Waals surface area contributed by atoms with Crippen molar-refractivity contribution in [2.45, 2.75) is 6.54 Å². The van der Waals surface area contributed by atoms with Crippen LogP contribution >= 0.6 is 11.5 Å². The first kappa shape index (κ1) is 15.0. The van der Waals surface area contributed by atoms with Gasteiger partial charge in [0.15, 0.2) is 0 Å². The first-order valence-corrected chi connectivity index (χ1v) is 7.54. The zero-order chi connectivity index (χ0) is 16.4. The second-order valence-electron chi connectivity index (χ2n) is 4.86. The molecule has 3 aromatic rings. The van der Waals surface area contributed by atoms with Crippen molar-refractivity contribution in [1.82, 2.24) is 8.52 Å². The third-order valence-corrected chi connectivity index (χ3v) is 4.25. The van der Waals surface area contributed by atoms with Crippen molar-refractivity contribution in [3.63, 3.8) is 0 Å². The summed E-state index contributed by atoms with van der Waals surface area (Å²) in [6.45, 7) is 0.204. The predicted molar refractivity (Wildman–Crippen MR) is 86.7 cm³/mol. The topological polar surface area (TPSA) is 81.3 Å². The van der Waals surface area contributed by atoms with Crippen molar-refractivity contribution in [3.05, 3.63) is 85.9 Å². The second kappa shape index (κ2) is 6.05. The molecule has 0 bridgehead atoms. The first-order valence-electron chi connectivity index (χ1n) is 6.77. The standard InChI is InChI=1S/C16H12N2O4S/c19-14(20)12-6-8-13(9-7-12)18-15(21)17(16(22)23-18)10-11-4-2-1-3-5-11/h1-9H,10H2,(H,19,20). The summed E-state index contributed by atoms with van der Waals surface area (Å²) in [5.74, 6) is -1.04. The lowest BCUT2D eigenvalue weighted by atomic mass is 10.2. The van der Waals surface area contributed by atoms with Gasteiger partial charge in [-0.3, -0.25) is 4.79 Å². The summed E-state index contributed by atoms with van der Waals surface area (Å²) in [5.41, 5.74) is 1.01. The average Bonchev–Trinajstić information content (AvgIpc) is 2.84. The molecular weight excluding hydrogens is 316 g/mol. The Bertz CT molecular complexity index is 952. The molecule has 0 saturated carbocycles. The van der Waals surface area contributed by atoms with Gasteiger partial charge < -0.3 is 5.11 Å². The number of carbonyl (C=O) groups is 1. The minimum Gasteiger partial charge on any atom is -0.478 e. The van der Waals surface area contributed by atoms with Crippen molar-refractivity contribution < 1.29 is 9.90 Å². The number of rotatable bonds is 4. The van der Waals surface area contributed by atoms with Gasteiger partial charge in [0.05, 0.1) is 17.8 Å². The third-order valence-electron chi connectivity index (χ3n) is 3.33. The third kappa shape index (κ3) is 3.00. The highest BCUT2D eigenvalue weighted by Crippen LogP contribution is 2.09. The van der Waals surface area contributed by atoms with E-state index in [-0.39, 0.29) is 17.0 Å². The van der Waals surface area contributed by atoms with Gasteiger partial charge in [0.25, 0.3) is 0 Å². The molecule has 1 aromatic heterocycles. The van der Waals surface area contributed by atoms with E-state index in [1.54, 1.807) is 0 Å². The Labute approximate surface area is 134 Å². The zero-order valence-electron chi connectivity index (χ0n) is 11.9. The molecule has 23 heavy (non-hydrogen) atoms. The van der Waals surface area contributed by atoms with Crippen LogP contribution in [0.3, 0.4) is 0 Å². The number of carboxylic acid groups (broad SMARTS) is 1. The maximum Gasteiger partial charge on any atom is 0.346 e. The minimum absolute atomic E-state index is 0.123. The molecule has 6 nitrogen and oxygen atoms in total. The summed E-state index contributed by atoms with van der Waals surface area (Å²) >= 11 is 0.792. The molecule has 0 aliphatic rings. The average molecular weight is 328 g/mol. The molecule has 0 spiro atoms. The highest BCUT2D eigenvalue weighted by Gasteiger charge is 2.12. The van der Waals surface area contributed by atoms with Crippen LogP contribution in [-0.4, -0.2) is 19.6 Å². The molecule has 3 rings (SSSR count). The molecule has 0 fully saturated rings. The molecule has 1 N–H and O–H groups in total. The Hall–Kier alpha value is -2.93. The smallest absolute Gasteiger partial charge is 0.346 e. The summed E-state index contributed by atoms with van der Waals surface area (Å²) in [4.78, 5) is 35.0. The number of aromatic carboxylic acids is 1. The number of benzene rings is 2. The van der Waals surface area contributed by atoms with E-state index in [1.807, 2.05) is 30.3 Å². The van der Waals surface area contributed by atoms with Crippen LogP contribution < -0.4 is 10.6 Å².